The van der Waals surface area contributed by atoms with E-state index in [1.54, 1.807) is 0 Å². The highest BCUT2D eigenvalue weighted by molar-refractivity contribution is 5.69. The van der Waals surface area contributed by atoms with E-state index >= 15 is 0 Å². The Morgan fingerprint density at radius 3 is 1.49 bits per heavy atom. The number of rotatable bonds is 14. The molecule has 0 aliphatic rings. The van der Waals surface area contributed by atoms with Gasteiger partial charge in [0.15, 0.2) is 24.4 Å². The molecule has 0 aromatic rings. The molecule has 0 radical (unpaired) electrons. The summed E-state index contributed by atoms with van der Waals surface area (Å²) in [5.74, 6) is -6.66. The fraction of sp³-hybridized carbons (Fsp3) is 0.737. The van der Waals surface area contributed by atoms with Crippen molar-refractivity contribution in [3.63, 3.8) is 0 Å². The Bertz CT molecular complexity index is 828. The molecule has 16 nitrogen and oxygen atoms in total. The molecule has 0 aromatic heterocycles. The summed E-state index contributed by atoms with van der Waals surface area (Å²) < 4.78 is 25.3. The zero-order valence-electron chi connectivity index (χ0n) is 20.0. The molecule has 0 rings (SSSR count). The first-order valence-corrected chi connectivity index (χ1v) is 10.1. The van der Waals surface area contributed by atoms with Gasteiger partial charge in [0.1, 0.15) is 12.5 Å². The van der Waals surface area contributed by atoms with Gasteiger partial charge in [-0.25, -0.2) is 0 Å². The summed E-state index contributed by atoms with van der Waals surface area (Å²) in [5, 5.41) is 22.8. The maximum absolute atomic E-state index is 11.9. The third-order valence-corrected chi connectivity index (χ3v) is 4.42. The summed E-state index contributed by atoms with van der Waals surface area (Å²) >= 11 is 0. The summed E-state index contributed by atoms with van der Waals surface area (Å²) in [6, 6.07) is -1.72. The molecule has 2 unspecified atom stereocenters. The first-order valence-electron chi connectivity index (χ1n) is 10.1. The second kappa shape index (κ2) is 14.4. The van der Waals surface area contributed by atoms with Gasteiger partial charge < -0.3 is 23.7 Å². The molecule has 6 atom stereocenters. The van der Waals surface area contributed by atoms with Crippen LogP contribution in [0.1, 0.15) is 41.5 Å². The molecule has 0 saturated heterocycles. The van der Waals surface area contributed by atoms with Crippen molar-refractivity contribution in [2.45, 2.75) is 72.0 Å². The van der Waals surface area contributed by atoms with E-state index in [1.807, 2.05) is 0 Å². The zero-order chi connectivity index (χ0) is 27.5. The molecular formula is C19H28N2O14. The highest BCUT2D eigenvalue weighted by atomic mass is 16.7. The van der Waals surface area contributed by atoms with Gasteiger partial charge in [-0.1, -0.05) is 0 Å². The Kier molecular flexibility index (Phi) is 12.8. The van der Waals surface area contributed by atoms with Gasteiger partial charge >= 0.3 is 29.8 Å². The van der Waals surface area contributed by atoms with Crippen LogP contribution in [0.15, 0.2) is 0 Å². The van der Waals surface area contributed by atoms with Crippen LogP contribution in [0.2, 0.25) is 0 Å². The topological polar surface area (TPSA) is 218 Å². The van der Waals surface area contributed by atoms with Crippen molar-refractivity contribution >= 4 is 29.8 Å². The van der Waals surface area contributed by atoms with Crippen molar-refractivity contribution in [1.82, 2.24) is 0 Å². The lowest BCUT2D eigenvalue weighted by atomic mass is 9.87. The number of ether oxygens (including phenoxy) is 5. The molecule has 0 heterocycles. The van der Waals surface area contributed by atoms with Crippen molar-refractivity contribution < 1.29 is 57.5 Å². The first kappa shape index (κ1) is 31.1. The van der Waals surface area contributed by atoms with Gasteiger partial charge in [0.25, 0.3) is 0 Å². The van der Waals surface area contributed by atoms with Crippen molar-refractivity contribution in [3.8, 4) is 0 Å². The van der Waals surface area contributed by atoms with Crippen molar-refractivity contribution in [1.29, 1.82) is 0 Å². The molecule has 0 bridgehead atoms. The summed E-state index contributed by atoms with van der Waals surface area (Å²) in [5.41, 5.74) is 0. The first-order chi connectivity index (χ1) is 16.1. The summed E-state index contributed by atoms with van der Waals surface area (Å²) in [6.07, 6.45) is -7.41. The van der Waals surface area contributed by atoms with Crippen LogP contribution in [0.5, 0.6) is 0 Å². The fourth-order valence-electron chi connectivity index (χ4n) is 3.12. The Balaban J connectivity index is 6.93. The molecule has 0 saturated carbocycles. The van der Waals surface area contributed by atoms with Crippen LogP contribution in [-0.2, 0) is 47.7 Å². The quantitative estimate of drug-likeness (QED) is 0.129. The van der Waals surface area contributed by atoms with Crippen LogP contribution in [0.4, 0.5) is 0 Å². The number of carbonyl (C=O) groups is 5. The lowest BCUT2D eigenvalue weighted by molar-refractivity contribution is -0.555. The molecule has 0 N–H and O–H groups in total. The molecule has 0 aliphatic heterocycles. The Hall–Kier alpha value is -3.85. The van der Waals surface area contributed by atoms with E-state index in [-0.39, 0.29) is 0 Å². The largest absolute Gasteiger partial charge is 0.462 e. The normalized spacial score (nSPS) is 15.7. The predicted molar refractivity (Wildman–Crippen MR) is 111 cm³/mol. The van der Waals surface area contributed by atoms with E-state index in [9.17, 15) is 44.2 Å². The van der Waals surface area contributed by atoms with Crippen LogP contribution < -0.4 is 0 Å². The SMILES string of the molecule is CC(=O)OC[C@@H](OC(C)=O)[C@H](OC(C)=O)[C@H](OC(C)=O)[C@@H](OC(C)=O)C(C[N+](=O)[O-])C(C)[N+](=O)[O-]. The number of hydrogen-bond donors (Lipinski definition) is 0. The molecule has 198 valence electrons. The minimum absolute atomic E-state index is 0.734. The Morgan fingerprint density at radius 2 is 1.11 bits per heavy atom. The average molecular weight is 508 g/mol. The van der Waals surface area contributed by atoms with Crippen molar-refractivity contribution in [3.05, 3.63) is 20.2 Å². The van der Waals surface area contributed by atoms with E-state index in [2.05, 4.69) is 0 Å². The van der Waals surface area contributed by atoms with E-state index in [4.69, 9.17) is 23.7 Å². The second-order valence-electron chi connectivity index (χ2n) is 7.38. The fourth-order valence-corrected chi connectivity index (χ4v) is 3.12. The molecule has 0 spiro atoms. The number of hydrogen-bond acceptors (Lipinski definition) is 14. The minimum atomic E-state index is -1.95. The van der Waals surface area contributed by atoms with Gasteiger partial charge in [0.05, 0.1) is 0 Å². The van der Waals surface area contributed by atoms with Crippen LogP contribution in [0.25, 0.3) is 0 Å². The second-order valence-corrected chi connectivity index (χ2v) is 7.38. The van der Waals surface area contributed by atoms with Gasteiger partial charge in [-0.3, -0.25) is 44.2 Å². The van der Waals surface area contributed by atoms with Crippen molar-refractivity contribution in [2.24, 2.45) is 5.92 Å². The maximum Gasteiger partial charge on any atom is 0.303 e. The third kappa shape index (κ3) is 11.7. The van der Waals surface area contributed by atoms with Gasteiger partial charge in [-0.05, 0) is 0 Å². The lowest BCUT2D eigenvalue weighted by Gasteiger charge is -2.37. The average Bonchev–Trinajstić information content (AvgIpc) is 2.68. The van der Waals surface area contributed by atoms with Crippen molar-refractivity contribution in [2.75, 3.05) is 13.2 Å². The summed E-state index contributed by atoms with van der Waals surface area (Å²) in [6.45, 7) is 3.83. The molecule has 0 aromatic carbocycles. The van der Waals surface area contributed by atoms with Gasteiger partial charge in [-0.2, -0.15) is 0 Å². The maximum atomic E-state index is 11.9. The van der Waals surface area contributed by atoms with Crippen LogP contribution in [0, 0.1) is 26.1 Å². The Labute approximate surface area is 199 Å². The van der Waals surface area contributed by atoms with Crippen LogP contribution in [0.3, 0.4) is 0 Å². The Morgan fingerprint density at radius 1 is 0.686 bits per heavy atom. The smallest absolute Gasteiger partial charge is 0.303 e. The minimum Gasteiger partial charge on any atom is -0.462 e. The molecule has 0 fully saturated rings. The number of esters is 5. The lowest BCUT2D eigenvalue weighted by Crippen LogP contribution is -2.57. The standard InChI is InChI=1S/C19H28N2O14/c1-9(21(29)30)15(7-20(27)28)17(33-12(4)24)19(35-14(6)26)18(34-13(5)25)16(32-11(3)23)8-31-10(2)22/h9,15-19H,7-8H2,1-6H3/t9?,15?,16-,17+,18+,19-/m1/s1. The summed E-state index contributed by atoms with van der Waals surface area (Å²) in [4.78, 5) is 79.7. The summed E-state index contributed by atoms with van der Waals surface area (Å²) in [7, 11) is 0. The highest BCUT2D eigenvalue weighted by Gasteiger charge is 2.51. The van der Waals surface area contributed by atoms with Crippen LogP contribution >= 0.6 is 0 Å². The number of carbonyl (C=O) groups excluding carboxylic acids is 5. The third-order valence-electron chi connectivity index (χ3n) is 4.42. The van der Waals surface area contributed by atoms with Gasteiger partial charge in [0.2, 0.25) is 12.6 Å². The van der Waals surface area contributed by atoms with E-state index in [0.29, 0.717) is 0 Å². The van der Waals surface area contributed by atoms with Crippen LogP contribution in [-0.4, -0.2) is 83.3 Å². The van der Waals surface area contributed by atoms with E-state index in [1.165, 1.54) is 0 Å². The number of nitro groups is 2. The molecule has 0 aliphatic carbocycles. The molecule has 16 heteroatoms. The monoisotopic (exact) mass is 508 g/mol. The predicted octanol–water partition coefficient (Wildman–Crippen LogP) is -0.166. The van der Waals surface area contributed by atoms with E-state index < -0.39 is 89.2 Å². The van der Waals surface area contributed by atoms with Gasteiger partial charge in [-0.15, -0.1) is 0 Å². The van der Waals surface area contributed by atoms with Gasteiger partial charge in [0, 0.05) is 51.4 Å². The molecule has 35 heavy (non-hydrogen) atoms. The molecular weight excluding hydrogens is 480 g/mol. The zero-order valence-corrected chi connectivity index (χ0v) is 20.0. The highest BCUT2D eigenvalue weighted by Crippen LogP contribution is 2.27. The van der Waals surface area contributed by atoms with E-state index in [0.717, 1.165) is 41.5 Å². The number of nitrogens with zero attached hydrogens (tertiary/aromatic N) is 2. The molecule has 0 amide bonds.